The standard InChI is InChI=1S/C11H16INS/c1-2-13-10(5-8-3-4-8)9-6-11(12)14-7-9/h6-8,10,13H,2-5H2,1H3. The maximum atomic E-state index is 3.59. The second kappa shape index (κ2) is 4.94. The molecule has 1 fully saturated rings. The van der Waals surface area contributed by atoms with Crippen molar-refractivity contribution in [2.75, 3.05) is 6.54 Å². The summed E-state index contributed by atoms with van der Waals surface area (Å²) >= 11 is 4.26. The highest BCUT2D eigenvalue weighted by molar-refractivity contribution is 14.1. The van der Waals surface area contributed by atoms with Gasteiger partial charge in [-0.1, -0.05) is 19.8 Å². The number of thiophene rings is 1. The van der Waals surface area contributed by atoms with Crippen LogP contribution in [0, 0.1) is 8.80 Å². The maximum Gasteiger partial charge on any atom is 0.0656 e. The number of halogens is 1. The summed E-state index contributed by atoms with van der Waals surface area (Å²) in [7, 11) is 0. The van der Waals surface area contributed by atoms with E-state index in [0.717, 1.165) is 12.5 Å². The Bertz CT molecular complexity index is 293. The Kier molecular flexibility index (Phi) is 3.85. The molecular weight excluding hydrogens is 305 g/mol. The molecular formula is C11H16INS. The van der Waals surface area contributed by atoms with Crippen molar-refractivity contribution in [2.45, 2.75) is 32.2 Å². The molecule has 1 aromatic rings. The first-order valence-corrected chi connectivity index (χ1v) is 7.22. The van der Waals surface area contributed by atoms with Crippen LogP contribution in [-0.4, -0.2) is 6.54 Å². The highest BCUT2D eigenvalue weighted by atomic mass is 127. The number of hydrogen-bond donors (Lipinski definition) is 1. The maximum absolute atomic E-state index is 3.59. The molecule has 1 aliphatic rings. The van der Waals surface area contributed by atoms with Gasteiger partial charge in [-0.3, -0.25) is 0 Å². The molecule has 1 aliphatic carbocycles. The van der Waals surface area contributed by atoms with Crippen LogP contribution in [0.4, 0.5) is 0 Å². The minimum Gasteiger partial charge on any atom is -0.310 e. The average Bonchev–Trinajstić information content (AvgIpc) is 2.87. The van der Waals surface area contributed by atoms with Gasteiger partial charge in [0, 0.05) is 6.04 Å². The summed E-state index contributed by atoms with van der Waals surface area (Å²) in [6.07, 6.45) is 4.23. The monoisotopic (exact) mass is 321 g/mol. The second-order valence-corrected chi connectivity index (χ2v) is 6.78. The Morgan fingerprint density at radius 2 is 2.43 bits per heavy atom. The summed E-state index contributed by atoms with van der Waals surface area (Å²) in [4.78, 5) is 0. The third-order valence-electron chi connectivity index (χ3n) is 2.71. The van der Waals surface area contributed by atoms with E-state index in [1.54, 1.807) is 0 Å². The quantitative estimate of drug-likeness (QED) is 0.814. The van der Waals surface area contributed by atoms with Crippen LogP contribution < -0.4 is 5.32 Å². The molecule has 1 nitrogen and oxygen atoms in total. The van der Waals surface area contributed by atoms with Gasteiger partial charge in [-0.15, -0.1) is 11.3 Å². The smallest absolute Gasteiger partial charge is 0.0656 e. The Morgan fingerprint density at radius 1 is 1.64 bits per heavy atom. The highest BCUT2D eigenvalue weighted by Crippen LogP contribution is 2.38. The van der Waals surface area contributed by atoms with Crippen LogP contribution in [0.2, 0.25) is 0 Å². The fourth-order valence-corrected chi connectivity index (χ4v) is 3.20. The van der Waals surface area contributed by atoms with Crippen LogP contribution >= 0.6 is 33.9 Å². The van der Waals surface area contributed by atoms with E-state index >= 15 is 0 Å². The van der Waals surface area contributed by atoms with Crippen molar-refractivity contribution in [3.63, 3.8) is 0 Å². The topological polar surface area (TPSA) is 12.0 Å². The predicted molar refractivity (Wildman–Crippen MR) is 70.8 cm³/mol. The van der Waals surface area contributed by atoms with Crippen LogP contribution in [0.1, 0.15) is 37.8 Å². The van der Waals surface area contributed by atoms with Crippen LogP contribution in [0.15, 0.2) is 11.4 Å². The van der Waals surface area contributed by atoms with E-state index in [9.17, 15) is 0 Å². The fraction of sp³-hybridized carbons (Fsp3) is 0.636. The van der Waals surface area contributed by atoms with Crippen molar-refractivity contribution in [3.8, 4) is 0 Å². The molecule has 0 bridgehead atoms. The zero-order chi connectivity index (χ0) is 9.97. The van der Waals surface area contributed by atoms with Crippen molar-refractivity contribution in [3.05, 3.63) is 19.9 Å². The first kappa shape index (κ1) is 10.9. The Labute approximate surface area is 103 Å². The zero-order valence-electron chi connectivity index (χ0n) is 8.42. The Hall–Kier alpha value is 0.390. The molecule has 0 spiro atoms. The molecule has 0 aromatic carbocycles. The molecule has 14 heavy (non-hydrogen) atoms. The van der Waals surface area contributed by atoms with Crippen molar-refractivity contribution in [1.29, 1.82) is 0 Å². The van der Waals surface area contributed by atoms with Gasteiger partial charge in [0.05, 0.1) is 2.88 Å². The molecule has 1 N–H and O–H groups in total. The van der Waals surface area contributed by atoms with Crippen LogP contribution in [0.25, 0.3) is 0 Å². The molecule has 1 heterocycles. The minimum absolute atomic E-state index is 0.604. The van der Waals surface area contributed by atoms with Crippen molar-refractivity contribution in [1.82, 2.24) is 5.32 Å². The van der Waals surface area contributed by atoms with Crippen molar-refractivity contribution >= 4 is 33.9 Å². The summed E-state index contributed by atoms with van der Waals surface area (Å²) in [5, 5.41) is 5.89. The molecule has 0 amide bonds. The first-order chi connectivity index (χ1) is 6.79. The molecule has 1 saturated carbocycles. The molecule has 1 unspecified atom stereocenters. The van der Waals surface area contributed by atoms with E-state index in [4.69, 9.17) is 0 Å². The van der Waals surface area contributed by atoms with Gasteiger partial charge in [0.1, 0.15) is 0 Å². The summed E-state index contributed by atoms with van der Waals surface area (Å²) < 4.78 is 1.40. The van der Waals surface area contributed by atoms with Gasteiger partial charge in [-0.2, -0.15) is 0 Å². The van der Waals surface area contributed by atoms with Crippen LogP contribution in [0.5, 0.6) is 0 Å². The van der Waals surface area contributed by atoms with Crippen LogP contribution in [0.3, 0.4) is 0 Å². The largest absolute Gasteiger partial charge is 0.310 e. The lowest BCUT2D eigenvalue weighted by Gasteiger charge is -2.16. The van der Waals surface area contributed by atoms with Crippen molar-refractivity contribution < 1.29 is 0 Å². The molecule has 0 saturated heterocycles. The van der Waals surface area contributed by atoms with E-state index in [1.807, 2.05) is 11.3 Å². The molecule has 2 rings (SSSR count). The zero-order valence-corrected chi connectivity index (χ0v) is 11.4. The summed E-state index contributed by atoms with van der Waals surface area (Å²) in [5.41, 5.74) is 1.49. The van der Waals surface area contributed by atoms with E-state index < -0.39 is 0 Å². The normalized spacial score (nSPS) is 18.4. The fourth-order valence-electron chi connectivity index (χ4n) is 1.78. The minimum atomic E-state index is 0.604. The number of hydrogen-bond acceptors (Lipinski definition) is 2. The Balaban J connectivity index is 2.00. The molecule has 78 valence electrons. The third kappa shape index (κ3) is 2.94. The number of rotatable bonds is 5. The van der Waals surface area contributed by atoms with E-state index in [0.29, 0.717) is 6.04 Å². The summed E-state index contributed by atoms with van der Waals surface area (Å²) in [6.45, 7) is 3.26. The van der Waals surface area contributed by atoms with Gasteiger partial charge < -0.3 is 5.32 Å². The van der Waals surface area contributed by atoms with Gasteiger partial charge in [0.25, 0.3) is 0 Å². The average molecular weight is 321 g/mol. The predicted octanol–water partition coefficient (Wildman–Crippen LogP) is 3.80. The second-order valence-electron chi connectivity index (χ2n) is 3.97. The van der Waals surface area contributed by atoms with E-state index in [2.05, 4.69) is 46.3 Å². The van der Waals surface area contributed by atoms with Crippen LogP contribution in [-0.2, 0) is 0 Å². The lowest BCUT2D eigenvalue weighted by molar-refractivity contribution is 0.488. The lowest BCUT2D eigenvalue weighted by atomic mass is 10.0. The van der Waals surface area contributed by atoms with E-state index in [1.165, 1.54) is 27.7 Å². The molecule has 0 radical (unpaired) electrons. The van der Waals surface area contributed by atoms with Gasteiger partial charge in [-0.05, 0) is 58.5 Å². The SMILES string of the molecule is CCNC(CC1CC1)c1csc(I)c1. The van der Waals surface area contributed by atoms with Gasteiger partial charge in [0.2, 0.25) is 0 Å². The lowest BCUT2D eigenvalue weighted by Crippen LogP contribution is -2.20. The van der Waals surface area contributed by atoms with Gasteiger partial charge >= 0.3 is 0 Å². The first-order valence-electron chi connectivity index (χ1n) is 5.27. The molecule has 1 atom stereocenters. The molecule has 0 aliphatic heterocycles. The highest BCUT2D eigenvalue weighted by Gasteiger charge is 2.26. The van der Waals surface area contributed by atoms with E-state index in [-0.39, 0.29) is 0 Å². The summed E-state index contributed by atoms with van der Waals surface area (Å²) in [5.74, 6) is 0.997. The molecule has 3 heteroatoms. The third-order valence-corrected chi connectivity index (χ3v) is 4.51. The molecule has 1 aromatic heterocycles. The summed E-state index contributed by atoms with van der Waals surface area (Å²) in [6, 6.07) is 2.92. The van der Waals surface area contributed by atoms with Gasteiger partial charge in [0.15, 0.2) is 0 Å². The number of nitrogens with one attached hydrogen (secondary N) is 1. The van der Waals surface area contributed by atoms with Gasteiger partial charge in [-0.25, -0.2) is 0 Å². The Morgan fingerprint density at radius 3 is 2.93 bits per heavy atom. The van der Waals surface area contributed by atoms with Crippen molar-refractivity contribution in [2.24, 2.45) is 5.92 Å².